The highest BCUT2D eigenvalue weighted by Gasteiger charge is 2.07. The number of thiophene rings is 1. The van der Waals surface area contributed by atoms with Gasteiger partial charge >= 0.3 is 0 Å². The van der Waals surface area contributed by atoms with E-state index in [4.69, 9.17) is 0 Å². The Balaban J connectivity index is 2.24. The Morgan fingerprint density at radius 3 is 2.71 bits per heavy atom. The lowest BCUT2D eigenvalue weighted by Crippen LogP contribution is -2.21. The van der Waals surface area contributed by atoms with Gasteiger partial charge in [-0.3, -0.25) is 9.00 Å². The van der Waals surface area contributed by atoms with Gasteiger partial charge in [-0.1, -0.05) is 0 Å². The summed E-state index contributed by atoms with van der Waals surface area (Å²) in [6, 6.07) is 3.95. The van der Waals surface area contributed by atoms with Crippen molar-refractivity contribution in [3.05, 3.63) is 20.8 Å². The van der Waals surface area contributed by atoms with Gasteiger partial charge in [0, 0.05) is 41.9 Å². The first-order valence-electron chi connectivity index (χ1n) is 5.28. The van der Waals surface area contributed by atoms with Crippen molar-refractivity contribution in [2.45, 2.75) is 18.6 Å². The third kappa shape index (κ3) is 5.79. The summed E-state index contributed by atoms with van der Waals surface area (Å²) in [5.74, 6) is 1.28. The van der Waals surface area contributed by atoms with Gasteiger partial charge in [-0.05, 0) is 34.5 Å². The molecule has 1 aromatic heterocycles. The van der Waals surface area contributed by atoms with Crippen LogP contribution in [-0.2, 0) is 21.3 Å². The lowest BCUT2D eigenvalue weighted by Gasteiger charge is -2.09. The van der Waals surface area contributed by atoms with Crippen molar-refractivity contribution in [3.8, 4) is 0 Å². The number of carbonyl (C=O) groups excluding carboxylic acids is 1. The first kappa shape index (κ1) is 14.9. The molecule has 1 atom stereocenters. The van der Waals surface area contributed by atoms with Crippen LogP contribution in [0.15, 0.2) is 15.9 Å². The van der Waals surface area contributed by atoms with Crippen LogP contribution in [0.25, 0.3) is 0 Å². The molecule has 6 heteroatoms. The smallest absolute Gasteiger partial charge is 0.222 e. The largest absolute Gasteiger partial charge is 0.349 e. The molecule has 3 nitrogen and oxygen atoms in total. The van der Waals surface area contributed by atoms with E-state index in [-0.39, 0.29) is 5.91 Å². The summed E-state index contributed by atoms with van der Waals surface area (Å²) in [5, 5.41) is 0. The average Bonchev–Trinajstić information content (AvgIpc) is 2.63. The summed E-state index contributed by atoms with van der Waals surface area (Å²) in [4.78, 5) is 14.0. The Hall–Kier alpha value is -0.200. The molecule has 0 bridgehead atoms. The molecule has 0 saturated carbocycles. The van der Waals surface area contributed by atoms with E-state index in [2.05, 4.69) is 15.9 Å². The number of carbonyl (C=O) groups is 1. The van der Waals surface area contributed by atoms with E-state index < -0.39 is 10.8 Å². The van der Waals surface area contributed by atoms with Gasteiger partial charge in [0.2, 0.25) is 5.91 Å². The van der Waals surface area contributed by atoms with Gasteiger partial charge in [0.25, 0.3) is 0 Å². The molecule has 1 aromatic rings. The van der Waals surface area contributed by atoms with Crippen molar-refractivity contribution >= 4 is 44.0 Å². The molecular formula is C11H16BrNO2S2. The maximum atomic E-state index is 11.8. The average molecular weight is 338 g/mol. The standard InChI is InChI=1S/C11H16BrNO2S2/c1-13(2)11(14)4-3-7-17(15)8-9-5-6-10(12)16-9/h5-6H,3-4,7-8H2,1-2H3. The fourth-order valence-electron chi connectivity index (χ4n) is 1.27. The zero-order valence-corrected chi connectivity index (χ0v) is 13.2. The Bertz CT molecular complexity index is 404. The molecule has 0 aliphatic rings. The minimum absolute atomic E-state index is 0.0980. The lowest BCUT2D eigenvalue weighted by molar-refractivity contribution is -0.128. The third-order valence-electron chi connectivity index (χ3n) is 2.19. The zero-order valence-electron chi connectivity index (χ0n) is 9.94. The second kappa shape index (κ2) is 7.28. The van der Waals surface area contributed by atoms with Gasteiger partial charge < -0.3 is 4.90 Å². The van der Waals surface area contributed by atoms with E-state index in [0.29, 0.717) is 24.3 Å². The fraction of sp³-hybridized carbons (Fsp3) is 0.545. The van der Waals surface area contributed by atoms with Crippen molar-refractivity contribution in [1.82, 2.24) is 4.90 Å². The van der Waals surface area contributed by atoms with Gasteiger partial charge in [0.05, 0.1) is 9.54 Å². The number of rotatable bonds is 6. The predicted octanol–water partition coefficient (Wildman–Crippen LogP) is 2.63. The van der Waals surface area contributed by atoms with Crippen LogP contribution in [0.3, 0.4) is 0 Å². The lowest BCUT2D eigenvalue weighted by atomic mass is 10.3. The van der Waals surface area contributed by atoms with Crippen LogP contribution >= 0.6 is 27.3 Å². The van der Waals surface area contributed by atoms with Crippen LogP contribution in [0.4, 0.5) is 0 Å². The topological polar surface area (TPSA) is 37.4 Å². The van der Waals surface area contributed by atoms with Crippen molar-refractivity contribution < 1.29 is 9.00 Å². The third-order valence-corrected chi connectivity index (χ3v) is 5.38. The maximum absolute atomic E-state index is 11.8. The molecule has 0 N–H and O–H groups in total. The second-order valence-corrected chi connectivity index (χ2v) is 8.01. The van der Waals surface area contributed by atoms with Crippen molar-refractivity contribution in [3.63, 3.8) is 0 Å². The van der Waals surface area contributed by atoms with Gasteiger partial charge in [0.1, 0.15) is 0 Å². The quantitative estimate of drug-likeness (QED) is 0.800. The molecule has 1 unspecified atom stereocenters. The van der Waals surface area contributed by atoms with Gasteiger partial charge in [-0.25, -0.2) is 0 Å². The van der Waals surface area contributed by atoms with Crippen LogP contribution < -0.4 is 0 Å². The van der Waals surface area contributed by atoms with E-state index in [1.165, 1.54) is 0 Å². The number of hydrogen-bond acceptors (Lipinski definition) is 3. The molecule has 1 rings (SSSR count). The molecule has 96 valence electrons. The number of hydrogen-bond donors (Lipinski definition) is 0. The van der Waals surface area contributed by atoms with E-state index in [1.807, 2.05) is 12.1 Å². The molecule has 1 amide bonds. The fourth-order valence-corrected chi connectivity index (χ4v) is 4.20. The minimum atomic E-state index is -0.868. The Morgan fingerprint density at radius 2 is 2.18 bits per heavy atom. The van der Waals surface area contributed by atoms with Gasteiger partial charge in [-0.2, -0.15) is 0 Å². The summed E-state index contributed by atoms with van der Waals surface area (Å²) < 4.78 is 12.8. The van der Waals surface area contributed by atoms with Crippen LogP contribution in [0.5, 0.6) is 0 Å². The molecule has 0 aliphatic heterocycles. The molecule has 17 heavy (non-hydrogen) atoms. The first-order chi connectivity index (χ1) is 7.99. The summed E-state index contributed by atoms with van der Waals surface area (Å²) >= 11 is 4.99. The maximum Gasteiger partial charge on any atom is 0.222 e. The normalized spacial score (nSPS) is 12.4. The molecule has 0 radical (unpaired) electrons. The second-order valence-electron chi connectivity index (χ2n) is 3.89. The van der Waals surface area contributed by atoms with Crippen LogP contribution in [0.1, 0.15) is 17.7 Å². The monoisotopic (exact) mass is 337 g/mol. The summed E-state index contributed by atoms with van der Waals surface area (Å²) in [6.45, 7) is 0. The summed E-state index contributed by atoms with van der Waals surface area (Å²) in [7, 11) is 2.61. The van der Waals surface area contributed by atoms with Gasteiger partial charge in [0.15, 0.2) is 0 Å². The molecule has 0 saturated heterocycles. The molecule has 0 fully saturated rings. The molecule has 0 aromatic carbocycles. The SMILES string of the molecule is CN(C)C(=O)CCCS(=O)Cc1ccc(Br)s1. The highest BCUT2D eigenvalue weighted by molar-refractivity contribution is 9.11. The van der Waals surface area contributed by atoms with E-state index in [1.54, 1.807) is 30.3 Å². The molecular weight excluding hydrogens is 322 g/mol. The predicted molar refractivity (Wildman–Crippen MR) is 76.7 cm³/mol. The van der Waals surface area contributed by atoms with E-state index in [9.17, 15) is 9.00 Å². The minimum Gasteiger partial charge on any atom is -0.349 e. The van der Waals surface area contributed by atoms with Gasteiger partial charge in [-0.15, -0.1) is 11.3 Å². The van der Waals surface area contributed by atoms with Crippen LogP contribution in [-0.4, -0.2) is 34.9 Å². The van der Waals surface area contributed by atoms with Crippen molar-refractivity contribution in [2.24, 2.45) is 0 Å². The number of amides is 1. The first-order valence-corrected chi connectivity index (χ1v) is 8.38. The Kier molecular flexibility index (Phi) is 6.37. The van der Waals surface area contributed by atoms with Crippen LogP contribution in [0.2, 0.25) is 0 Å². The van der Waals surface area contributed by atoms with Crippen molar-refractivity contribution in [1.29, 1.82) is 0 Å². The zero-order chi connectivity index (χ0) is 12.8. The van der Waals surface area contributed by atoms with Crippen molar-refractivity contribution in [2.75, 3.05) is 19.8 Å². The molecule has 0 spiro atoms. The Labute approximate surface area is 117 Å². The highest BCUT2D eigenvalue weighted by atomic mass is 79.9. The summed E-state index contributed by atoms with van der Waals surface area (Å²) in [5.41, 5.74) is 0. The van der Waals surface area contributed by atoms with E-state index >= 15 is 0 Å². The number of halogens is 1. The highest BCUT2D eigenvalue weighted by Crippen LogP contribution is 2.23. The number of nitrogens with zero attached hydrogens (tertiary/aromatic N) is 1. The Morgan fingerprint density at radius 1 is 1.47 bits per heavy atom. The summed E-state index contributed by atoms with van der Waals surface area (Å²) in [6.07, 6.45) is 1.17. The van der Waals surface area contributed by atoms with E-state index in [0.717, 1.165) is 8.66 Å². The molecule has 0 aliphatic carbocycles. The molecule has 1 heterocycles. The van der Waals surface area contributed by atoms with Crippen LogP contribution in [0, 0.1) is 0 Å².